The lowest BCUT2D eigenvalue weighted by molar-refractivity contribution is -0.114. The van der Waals surface area contributed by atoms with Crippen molar-refractivity contribution in [1.29, 1.82) is 0 Å². The molecule has 4 rings (SSSR count). The number of nitrogens with one attached hydrogen (secondary N) is 3. The average Bonchev–Trinajstić information content (AvgIpc) is 3.18. The highest BCUT2D eigenvalue weighted by Gasteiger charge is 2.13. The largest absolute Gasteiger partial charge is 0.326 e. The number of fused-ring (bicyclic) bond motifs is 1. The average molecular weight is 469 g/mol. The quantitative estimate of drug-likeness (QED) is 0.294. The van der Waals surface area contributed by atoms with Crippen LogP contribution in [0.3, 0.4) is 0 Å². The van der Waals surface area contributed by atoms with Gasteiger partial charge in [0.05, 0.1) is 17.6 Å². The molecule has 0 spiro atoms. The molecule has 0 fully saturated rings. The number of aromatic amines is 1. The van der Waals surface area contributed by atoms with Gasteiger partial charge < -0.3 is 15.6 Å². The lowest BCUT2D eigenvalue weighted by Gasteiger charge is -2.07. The first-order chi connectivity index (χ1) is 15.4. The first kappa shape index (κ1) is 21.6. The van der Waals surface area contributed by atoms with Gasteiger partial charge in [-0.15, -0.1) is 0 Å². The maximum absolute atomic E-state index is 12.4. The summed E-state index contributed by atoms with van der Waals surface area (Å²) in [6, 6.07) is 13.8. The van der Waals surface area contributed by atoms with Crippen molar-refractivity contribution in [2.75, 3.05) is 16.4 Å². The van der Waals surface area contributed by atoms with Crippen molar-refractivity contribution in [3.8, 4) is 5.69 Å². The summed E-state index contributed by atoms with van der Waals surface area (Å²) in [5, 5.41) is 10.8. The molecule has 2 aromatic heterocycles. The van der Waals surface area contributed by atoms with E-state index in [4.69, 9.17) is 11.6 Å². The Morgan fingerprint density at radius 1 is 1.12 bits per heavy atom. The maximum atomic E-state index is 12.4. The topological polar surface area (TPSA) is 122 Å². The molecule has 11 heteroatoms. The smallest absolute Gasteiger partial charge is 0.262 e. The first-order valence-electron chi connectivity index (χ1n) is 9.43. The van der Waals surface area contributed by atoms with E-state index in [1.54, 1.807) is 48.5 Å². The van der Waals surface area contributed by atoms with E-state index in [0.717, 1.165) is 11.8 Å². The standard InChI is InChI=1S/C21H17ClN6O3S/c1-12(29)24-14-5-7-15(8-6-14)25-18(30)11-32-21-26-19-17(20(31)27-21)10-23-28(19)16-4-2-3-13(22)9-16/h2-10H,11H2,1H3,(H,24,29)(H,25,30)(H,26,27,31). The zero-order chi connectivity index (χ0) is 22.7. The minimum atomic E-state index is -0.347. The highest BCUT2D eigenvalue weighted by molar-refractivity contribution is 7.99. The molecule has 4 aromatic rings. The van der Waals surface area contributed by atoms with Crippen molar-refractivity contribution in [3.05, 3.63) is 70.1 Å². The summed E-state index contributed by atoms with van der Waals surface area (Å²) in [6.45, 7) is 1.42. The predicted molar refractivity (Wildman–Crippen MR) is 125 cm³/mol. The number of nitrogens with zero attached hydrogens (tertiary/aromatic N) is 3. The SMILES string of the molecule is CC(=O)Nc1ccc(NC(=O)CSc2nc3c(cnn3-c3cccc(Cl)c3)c(=O)[nH]2)cc1. The Morgan fingerprint density at radius 2 is 1.84 bits per heavy atom. The van der Waals surface area contributed by atoms with Crippen molar-refractivity contribution < 1.29 is 9.59 Å². The molecule has 9 nitrogen and oxygen atoms in total. The number of thioether (sulfide) groups is 1. The summed E-state index contributed by atoms with van der Waals surface area (Å²) in [5.74, 6) is -0.408. The van der Waals surface area contributed by atoms with Gasteiger partial charge in [0.2, 0.25) is 11.8 Å². The molecule has 0 unspecified atom stereocenters. The molecule has 0 atom stereocenters. The van der Waals surface area contributed by atoms with Crippen LogP contribution in [0, 0.1) is 0 Å². The number of aromatic nitrogens is 4. The van der Waals surface area contributed by atoms with E-state index in [1.165, 1.54) is 17.8 Å². The third-order valence-corrected chi connectivity index (χ3v) is 5.41. The van der Waals surface area contributed by atoms with Crippen LogP contribution in [0.15, 0.2) is 64.7 Å². The van der Waals surface area contributed by atoms with Gasteiger partial charge >= 0.3 is 0 Å². The number of hydrogen-bond donors (Lipinski definition) is 3. The Balaban J connectivity index is 1.47. The van der Waals surface area contributed by atoms with Crippen molar-refractivity contribution in [1.82, 2.24) is 19.7 Å². The highest BCUT2D eigenvalue weighted by Crippen LogP contribution is 2.20. The van der Waals surface area contributed by atoms with Gasteiger partial charge in [0.15, 0.2) is 10.8 Å². The molecular weight excluding hydrogens is 452 g/mol. The van der Waals surface area contributed by atoms with Crippen LogP contribution in [0.1, 0.15) is 6.92 Å². The van der Waals surface area contributed by atoms with Gasteiger partial charge in [-0.3, -0.25) is 14.4 Å². The van der Waals surface area contributed by atoms with Crippen LogP contribution in [0.4, 0.5) is 11.4 Å². The fourth-order valence-corrected chi connectivity index (χ4v) is 3.78. The Kier molecular flexibility index (Phi) is 6.24. The molecule has 2 heterocycles. The van der Waals surface area contributed by atoms with Gasteiger partial charge in [-0.25, -0.2) is 9.67 Å². The molecule has 0 aliphatic carbocycles. The zero-order valence-electron chi connectivity index (χ0n) is 16.8. The second-order valence-corrected chi connectivity index (χ2v) is 8.14. The van der Waals surface area contributed by atoms with Gasteiger partial charge in [0.25, 0.3) is 5.56 Å². The molecule has 162 valence electrons. The van der Waals surface area contributed by atoms with E-state index < -0.39 is 0 Å². The molecule has 0 saturated heterocycles. The number of carbonyl (C=O) groups excluding carboxylic acids is 2. The normalized spacial score (nSPS) is 10.8. The van der Waals surface area contributed by atoms with Crippen molar-refractivity contribution in [3.63, 3.8) is 0 Å². The van der Waals surface area contributed by atoms with Gasteiger partial charge in [0.1, 0.15) is 5.39 Å². The Hall–Kier alpha value is -3.63. The van der Waals surface area contributed by atoms with Crippen LogP contribution in [-0.2, 0) is 9.59 Å². The van der Waals surface area contributed by atoms with Crippen molar-refractivity contribution in [2.24, 2.45) is 0 Å². The third kappa shape index (κ3) is 4.98. The minimum Gasteiger partial charge on any atom is -0.326 e. The number of anilines is 2. The Bertz CT molecular complexity index is 1370. The summed E-state index contributed by atoms with van der Waals surface area (Å²) in [6.07, 6.45) is 1.44. The van der Waals surface area contributed by atoms with E-state index in [1.807, 2.05) is 0 Å². The monoisotopic (exact) mass is 468 g/mol. The number of rotatable bonds is 6. The van der Waals surface area contributed by atoms with Crippen LogP contribution in [-0.4, -0.2) is 37.3 Å². The van der Waals surface area contributed by atoms with Crippen molar-refractivity contribution in [2.45, 2.75) is 12.1 Å². The Labute approximate surface area is 191 Å². The van der Waals surface area contributed by atoms with Gasteiger partial charge in [-0.2, -0.15) is 5.10 Å². The van der Waals surface area contributed by atoms with Gasteiger partial charge in [-0.05, 0) is 42.5 Å². The number of carbonyl (C=O) groups is 2. The number of benzene rings is 2. The molecular formula is C21H17ClN6O3S. The molecule has 0 radical (unpaired) electrons. The van der Waals surface area contributed by atoms with E-state index >= 15 is 0 Å². The van der Waals surface area contributed by atoms with E-state index in [-0.39, 0.29) is 23.1 Å². The Morgan fingerprint density at radius 3 is 2.53 bits per heavy atom. The molecule has 0 aliphatic heterocycles. The summed E-state index contributed by atoms with van der Waals surface area (Å²) in [7, 11) is 0. The molecule has 0 saturated carbocycles. The number of hydrogen-bond acceptors (Lipinski definition) is 6. The summed E-state index contributed by atoms with van der Waals surface area (Å²) in [5.41, 5.74) is 1.91. The number of amides is 2. The number of H-pyrrole nitrogens is 1. The minimum absolute atomic E-state index is 0.0349. The highest BCUT2D eigenvalue weighted by atomic mass is 35.5. The fourth-order valence-electron chi connectivity index (χ4n) is 2.93. The second kappa shape index (κ2) is 9.25. The summed E-state index contributed by atoms with van der Waals surface area (Å²) < 4.78 is 1.53. The van der Waals surface area contributed by atoms with Crippen LogP contribution in [0.5, 0.6) is 0 Å². The molecule has 0 bridgehead atoms. The molecule has 2 aromatic carbocycles. The molecule has 32 heavy (non-hydrogen) atoms. The van der Waals surface area contributed by atoms with Crippen LogP contribution in [0.2, 0.25) is 5.02 Å². The lowest BCUT2D eigenvalue weighted by atomic mass is 10.3. The van der Waals surface area contributed by atoms with Crippen LogP contribution in [0.25, 0.3) is 16.7 Å². The molecule has 0 aliphatic rings. The molecule has 2 amide bonds. The van der Waals surface area contributed by atoms with Crippen LogP contribution < -0.4 is 16.2 Å². The first-order valence-corrected chi connectivity index (χ1v) is 10.8. The summed E-state index contributed by atoms with van der Waals surface area (Å²) in [4.78, 5) is 43.0. The van der Waals surface area contributed by atoms with E-state index in [2.05, 4.69) is 25.7 Å². The van der Waals surface area contributed by atoms with Gasteiger partial charge in [-0.1, -0.05) is 29.4 Å². The molecule has 3 N–H and O–H groups in total. The van der Waals surface area contributed by atoms with Gasteiger partial charge in [0, 0.05) is 23.3 Å². The second-order valence-electron chi connectivity index (χ2n) is 6.74. The van der Waals surface area contributed by atoms with E-state index in [9.17, 15) is 14.4 Å². The summed E-state index contributed by atoms with van der Waals surface area (Å²) >= 11 is 7.16. The third-order valence-electron chi connectivity index (χ3n) is 4.30. The fraction of sp³-hybridized carbons (Fsp3) is 0.0952. The lowest BCUT2D eigenvalue weighted by Crippen LogP contribution is -2.15. The number of halogens is 1. The zero-order valence-corrected chi connectivity index (χ0v) is 18.3. The maximum Gasteiger partial charge on any atom is 0.262 e. The predicted octanol–water partition coefficient (Wildman–Crippen LogP) is 3.45. The van der Waals surface area contributed by atoms with Crippen molar-refractivity contribution >= 4 is 57.6 Å². The van der Waals surface area contributed by atoms with Crippen LogP contribution >= 0.6 is 23.4 Å². The van der Waals surface area contributed by atoms with E-state index in [0.29, 0.717) is 38.3 Å².